The minimum atomic E-state index is -1.17. The first-order chi connectivity index (χ1) is 13.0. The van der Waals surface area contributed by atoms with E-state index >= 15 is 0 Å². The van der Waals surface area contributed by atoms with Crippen LogP contribution in [0, 0.1) is 5.92 Å². The van der Waals surface area contributed by atoms with E-state index in [-0.39, 0.29) is 12.3 Å². The number of nitrogens with one attached hydrogen (secondary N) is 2. The Labute approximate surface area is 166 Å². The van der Waals surface area contributed by atoms with Gasteiger partial charge in [0.25, 0.3) is 0 Å². The van der Waals surface area contributed by atoms with Crippen LogP contribution in [-0.2, 0) is 20.7 Å². The zero-order chi connectivity index (χ0) is 21.3. The number of carbonyl (C=O) groups excluding carboxylic acids is 3. The number of ether oxygens (including phenoxy) is 1. The number of Topliss-reactive ketones (excluding diaryl/α,β-unsaturated/α-hetero) is 1. The summed E-state index contributed by atoms with van der Waals surface area (Å²) in [7, 11) is 0. The van der Waals surface area contributed by atoms with E-state index in [4.69, 9.17) is 4.74 Å². The molecule has 0 radical (unpaired) electrons. The monoisotopic (exact) mass is 394 g/mol. The van der Waals surface area contributed by atoms with Crippen LogP contribution in [0.5, 0.6) is 0 Å². The number of halogens is 1. The fourth-order valence-electron chi connectivity index (χ4n) is 2.61. The second kappa shape index (κ2) is 10.8. The molecule has 156 valence electrons. The van der Waals surface area contributed by atoms with Gasteiger partial charge in [-0.2, -0.15) is 0 Å². The first kappa shape index (κ1) is 23.6. The van der Waals surface area contributed by atoms with Gasteiger partial charge in [0.15, 0.2) is 5.78 Å². The van der Waals surface area contributed by atoms with E-state index in [1.54, 1.807) is 45.0 Å². The zero-order valence-corrected chi connectivity index (χ0v) is 17.3. The molecule has 0 saturated carbocycles. The third-order valence-corrected chi connectivity index (χ3v) is 3.83. The fraction of sp³-hybridized carbons (Fsp3) is 0.571. The molecule has 1 rings (SSSR count). The summed E-state index contributed by atoms with van der Waals surface area (Å²) in [6.07, 6.45) is -0.187. The molecule has 0 aliphatic rings. The van der Waals surface area contributed by atoms with Gasteiger partial charge in [-0.25, -0.2) is 9.18 Å². The van der Waals surface area contributed by atoms with Crippen LogP contribution in [0.25, 0.3) is 0 Å². The van der Waals surface area contributed by atoms with E-state index in [2.05, 4.69) is 10.6 Å². The number of ketones is 1. The molecule has 1 aromatic carbocycles. The van der Waals surface area contributed by atoms with E-state index in [0.717, 1.165) is 5.56 Å². The number of amides is 2. The van der Waals surface area contributed by atoms with Crippen LogP contribution in [0.3, 0.4) is 0 Å². The largest absolute Gasteiger partial charge is 0.444 e. The topological polar surface area (TPSA) is 84.5 Å². The van der Waals surface area contributed by atoms with Crippen LogP contribution in [0.1, 0.15) is 46.6 Å². The maximum Gasteiger partial charge on any atom is 0.408 e. The summed E-state index contributed by atoms with van der Waals surface area (Å²) >= 11 is 0. The van der Waals surface area contributed by atoms with Gasteiger partial charge in [-0.1, -0.05) is 44.2 Å². The molecule has 0 unspecified atom stereocenters. The molecule has 2 N–H and O–H groups in total. The molecule has 0 aromatic heterocycles. The van der Waals surface area contributed by atoms with Crippen molar-refractivity contribution < 1.29 is 23.5 Å². The number of hydrogen-bond acceptors (Lipinski definition) is 4. The Bertz CT molecular complexity index is 656. The van der Waals surface area contributed by atoms with E-state index < -0.39 is 42.1 Å². The number of benzene rings is 1. The Kier molecular flexibility index (Phi) is 9.09. The molecule has 0 aliphatic carbocycles. The highest BCUT2D eigenvalue weighted by molar-refractivity contribution is 5.92. The molecular weight excluding hydrogens is 363 g/mol. The lowest BCUT2D eigenvalue weighted by Crippen LogP contribution is -2.53. The quantitative estimate of drug-likeness (QED) is 0.674. The van der Waals surface area contributed by atoms with Gasteiger partial charge in [0.2, 0.25) is 5.91 Å². The van der Waals surface area contributed by atoms with Crippen molar-refractivity contribution in [2.45, 2.75) is 65.1 Å². The van der Waals surface area contributed by atoms with E-state index in [0.29, 0.717) is 6.42 Å². The van der Waals surface area contributed by atoms with Crippen LogP contribution in [0.4, 0.5) is 9.18 Å². The highest BCUT2D eigenvalue weighted by atomic mass is 19.1. The molecule has 6 nitrogen and oxygen atoms in total. The van der Waals surface area contributed by atoms with Gasteiger partial charge in [0.1, 0.15) is 18.3 Å². The van der Waals surface area contributed by atoms with Crippen molar-refractivity contribution in [3.8, 4) is 0 Å². The van der Waals surface area contributed by atoms with Gasteiger partial charge >= 0.3 is 6.09 Å². The van der Waals surface area contributed by atoms with Gasteiger partial charge in [-0.3, -0.25) is 9.59 Å². The molecule has 0 fully saturated rings. The Balaban J connectivity index is 2.88. The second-order valence-corrected chi connectivity index (χ2v) is 8.18. The molecule has 0 spiro atoms. The first-order valence-electron chi connectivity index (χ1n) is 9.44. The molecule has 0 saturated heterocycles. The highest BCUT2D eigenvalue weighted by Crippen LogP contribution is 2.11. The van der Waals surface area contributed by atoms with Crippen LogP contribution in [-0.4, -0.2) is 42.1 Å². The average Bonchev–Trinajstić information content (AvgIpc) is 2.58. The van der Waals surface area contributed by atoms with Crippen molar-refractivity contribution in [3.63, 3.8) is 0 Å². The van der Waals surface area contributed by atoms with Gasteiger partial charge < -0.3 is 15.4 Å². The molecule has 2 atom stereocenters. The van der Waals surface area contributed by atoms with Crippen LogP contribution in [0.15, 0.2) is 30.3 Å². The van der Waals surface area contributed by atoms with Crippen LogP contribution < -0.4 is 10.6 Å². The number of alkyl carbamates (subject to hydrolysis) is 1. The van der Waals surface area contributed by atoms with Crippen molar-refractivity contribution in [2.24, 2.45) is 5.92 Å². The van der Waals surface area contributed by atoms with Crippen molar-refractivity contribution in [1.82, 2.24) is 10.6 Å². The molecule has 1 aromatic rings. The molecule has 0 heterocycles. The first-order valence-corrected chi connectivity index (χ1v) is 9.44. The normalized spacial score (nSPS) is 13.5. The molecule has 0 aliphatic heterocycles. The third kappa shape index (κ3) is 8.97. The molecule has 7 heteroatoms. The van der Waals surface area contributed by atoms with Gasteiger partial charge in [-0.15, -0.1) is 0 Å². The average molecular weight is 394 g/mol. The van der Waals surface area contributed by atoms with Gasteiger partial charge in [0, 0.05) is 0 Å². The lowest BCUT2D eigenvalue weighted by Gasteiger charge is -2.25. The van der Waals surface area contributed by atoms with Crippen molar-refractivity contribution in [3.05, 3.63) is 35.9 Å². The predicted octanol–water partition coefficient (Wildman–Crippen LogP) is 3.19. The number of hydrogen-bond donors (Lipinski definition) is 2. The summed E-state index contributed by atoms with van der Waals surface area (Å²) < 4.78 is 18.2. The maximum absolute atomic E-state index is 13.0. The van der Waals surface area contributed by atoms with Crippen LogP contribution >= 0.6 is 0 Å². The summed E-state index contributed by atoms with van der Waals surface area (Å²) in [6, 6.07) is 7.15. The van der Waals surface area contributed by atoms with Crippen molar-refractivity contribution in [1.29, 1.82) is 0 Å². The number of rotatable bonds is 9. The molecule has 28 heavy (non-hydrogen) atoms. The number of carbonyl (C=O) groups is 3. The lowest BCUT2D eigenvalue weighted by molar-refractivity contribution is -0.129. The summed E-state index contributed by atoms with van der Waals surface area (Å²) in [5, 5.41) is 5.14. The van der Waals surface area contributed by atoms with Gasteiger partial charge in [0.05, 0.1) is 6.04 Å². The van der Waals surface area contributed by atoms with E-state index in [1.807, 2.05) is 19.9 Å². The van der Waals surface area contributed by atoms with E-state index in [1.165, 1.54) is 0 Å². The summed E-state index contributed by atoms with van der Waals surface area (Å²) in [5.74, 6) is -1.14. The van der Waals surface area contributed by atoms with Crippen molar-refractivity contribution in [2.75, 3.05) is 6.67 Å². The lowest BCUT2D eigenvalue weighted by atomic mass is 10.00. The third-order valence-electron chi connectivity index (χ3n) is 3.83. The highest BCUT2D eigenvalue weighted by Gasteiger charge is 2.29. The zero-order valence-electron chi connectivity index (χ0n) is 17.3. The summed E-state index contributed by atoms with van der Waals surface area (Å²) in [5.41, 5.74) is 0.0956. The summed E-state index contributed by atoms with van der Waals surface area (Å²) in [6.45, 7) is 7.81. The maximum atomic E-state index is 13.0. The summed E-state index contributed by atoms with van der Waals surface area (Å²) in [4.78, 5) is 36.8. The second-order valence-electron chi connectivity index (χ2n) is 8.18. The molecular formula is C21H31FN2O4. The SMILES string of the molecule is CC(C)C[C@H](NC(=O)OC(C)(C)C)C(=O)N[C@@H](Cc1ccccc1)C(=O)CF. The Morgan fingerprint density at radius 2 is 1.64 bits per heavy atom. The fourth-order valence-corrected chi connectivity index (χ4v) is 2.61. The van der Waals surface area contributed by atoms with E-state index in [9.17, 15) is 18.8 Å². The van der Waals surface area contributed by atoms with Gasteiger partial charge in [-0.05, 0) is 45.1 Å². The Morgan fingerprint density at radius 1 is 1.04 bits per heavy atom. The predicted molar refractivity (Wildman–Crippen MR) is 106 cm³/mol. The minimum Gasteiger partial charge on any atom is -0.444 e. The number of alkyl halides is 1. The van der Waals surface area contributed by atoms with Crippen molar-refractivity contribution >= 4 is 17.8 Å². The Hall–Kier alpha value is -2.44. The smallest absolute Gasteiger partial charge is 0.408 e. The van der Waals surface area contributed by atoms with Crippen LogP contribution in [0.2, 0.25) is 0 Å². The molecule has 0 bridgehead atoms. The Morgan fingerprint density at radius 3 is 2.14 bits per heavy atom. The standard InChI is InChI=1S/C21H31FN2O4/c1-14(2)11-17(24-20(27)28-21(3,4)5)19(26)23-16(18(25)13-22)12-15-9-7-6-8-10-15/h6-10,14,16-17H,11-13H2,1-5H3,(H,23,26)(H,24,27)/t16-,17-/m0/s1. The minimum absolute atomic E-state index is 0.107. The molecule has 2 amide bonds.